The first-order chi connectivity index (χ1) is 10.2. The molecule has 2 aromatic rings. The fourth-order valence-corrected chi connectivity index (χ4v) is 2.33. The average molecular weight is 282 g/mol. The number of carbonyl (C=O) groups is 2. The molecule has 1 aliphatic heterocycles. The van der Waals surface area contributed by atoms with Gasteiger partial charge >= 0.3 is 11.8 Å². The Morgan fingerprint density at radius 2 is 1.76 bits per heavy atom. The lowest BCUT2D eigenvalue weighted by Crippen LogP contribution is -2.42. The number of anilines is 1. The predicted molar refractivity (Wildman–Crippen MR) is 76.2 cm³/mol. The van der Waals surface area contributed by atoms with Crippen LogP contribution in [-0.4, -0.2) is 33.2 Å². The highest BCUT2D eigenvalue weighted by Gasteiger charge is 2.26. The van der Waals surface area contributed by atoms with E-state index in [2.05, 4.69) is 21.4 Å². The molecule has 21 heavy (non-hydrogen) atoms. The summed E-state index contributed by atoms with van der Waals surface area (Å²) in [4.78, 5) is 33.4. The standard InChI is InChI=1S/C15H14N4O2/c20-13(18-15-16-7-3-8-17-15)14(21)19-9-6-11-4-1-2-5-12(11)10-19/h1-5,7-8H,6,9-10H2,(H,16,17,18,20). The maximum Gasteiger partial charge on any atom is 0.316 e. The quantitative estimate of drug-likeness (QED) is 0.792. The molecule has 2 amide bonds. The second-order valence-corrected chi connectivity index (χ2v) is 4.77. The van der Waals surface area contributed by atoms with Crippen molar-refractivity contribution in [2.24, 2.45) is 0 Å². The van der Waals surface area contributed by atoms with Gasteiger partial charge in [-0.2, -0.15) is 0 Å². The zero-order chi connectivity index (χ0) is 14.7. The van der Waals surface area contributed by atoms with Crippen LogP contribution in [0.4, 0.5) is 5.95 Å². The largest absolute Gasteiger partial charge is 0.330 e. The number of nitrogens with zero attached hydrogens (tertiary/aromatic N) is 3. The molecule has 0 unspecified atom stereocenters. The Balaban J connectivity index is 1.68. The number of hydrogen-bond acceptors (Lipinski definition) is 4. The smallest absolute Gasteiger partial charge is 0.316 e. The second kappa shape index (κ2) is 5.70. The number of hydrogen-bond donors (Lipinski definition) is 1. The van der Waals surface area contributed by atoms with Crippen molar-refractivity contribution < 1.29 is 9.59 Å². The number of rotatable bonds is 1. The number of nitrogens with one attached hydrogen (secondary N) is 1. The van der Waals surface area contributed by atoms with E-state index in [0.29, 0.717) is 13.1 Å². The van der Waals surface area contributed by atoms with Crippen molar-refractivity contribution in [3.8, 4) is 0 Å². The van der Waals surface area contributed by atoms with Gasteiger partial charge in [-0.15, -0.1) is 0 Å². The SMILES string of the molecule is O=C(Nc1ncccn1)C(=O)N1CCc2ccccc2C1. The lowest BCUT2D eigenvalue weighted by molar-refractivity contribution is -0.143. The maximum atomic E-state index is 12.2. The van der Waals surface area contributed by atoms with Crippen molar-refractivity contribution >= 4 is 17.8 Å². The summed E-state index contributed by atoms with van der Waals surface area (Å²) in [5.41, 5.74) is 2.31. The van der Waals surface area contributed by atoms with Crippen molar-refractivity contribution in [2.75, 3.05) is 11.9 Å². The Morgan fingerprint density at radius 3 is 2.52 bits per heavy atom. The number of fused-ring (bicyclic) bond motifs is 1. The first kappa shape index (κ1) is 13.2. The van der Waals surface area contributed by atoms with Crippen LogP contribution in [0.1, 0.15) is 11.1 Å². The van der Waals surface area contributed by atoms with E-state index >= 15 is 0 Å². The average Bonchev–Trinajstić information content (AvgIpc) is 2.54. The molecule has 1 aliphatic rings. The van der Waals surface area contributed by atoms with E-state index in [1.807, 2.05) is 18.2 Å². The van der Waals surface area contributed by atoms with Gasteiger partial charge in [-0.25, -0.2) is 9.97 Å². The Labute approximate surface area is 121 Å². The molecule has 106 valence electrons. The zero-order valence-electron chi connectivity index (χ0n) is 11.3. The van der Waals surface area contributed by atoms with Crippen LogP contribution < -0.4 is 5.32 Å². The van der Waals surface area contributed by atoms with Gasteiger partial charge in [-0.1, -0.05) is 24.3 Å². The van der Waals surface area contributed by atoms with E-state index < -0.39 is 11.8 Å². The fraction of sp³-hybridized carbons (Fsp3) is 0.200. The minimum atomic E-state index is -0.708. The van der Waals surface area contributed by atoms with Crippen LogP contribution in [0.3, 0.4) is 0 Å². The van der Waals surface area contributed by atoms with E-state index in [1.54, 1.807) is 11.0 Å². The summed E-state index contributed by atoms with van der Waals surface area (Å²) < 4.78 is 0. The van der Waals surface area contributed by atoms with Crippen LogP contribution in [0.5, 0.6) is 0 Å². The third-order valence-corrected chi connectivity index (χ3v) is 3.40. The van der Waals surface area contributed by atoms with Crippen LogP contribution in [0, 0.1) is 0 Å². The van der Waals surface area contributed by atoms with Gasteiger partial charge in [0.15, 0.2) is 0 Å². The summed E-state index contributed by atoms with van der Waals surface area (Å²) in [7, 11) is 0. The van der Waals surface area contributed by atoms with Crippen molar-refractivity contribution in [3.05, 3.63) is 53.9 Å². The monoisotopic (exact) mass is 282 g/mol. The van der Waals surface area contributed by atoms with Gasteiger partial charge in [0.2, 0.25) is 5.95 Å². The van der Waals surface area contributed by atoms with Crippen molar-refractivity contribution in [1.82, 2.24) is 14.9 Å². The predicted octanol–water partition coefficient (Wildman–Crippen LogP) is 1.000. The molecular weight excluding hydrogens is 268 g/mol. The molecule has 0 radical (unpaired) electrons. The molecule has 0 bridgehead atoms. The summed E-state index contributed by atoms with van der Waals surface area (Å²) in [6.07, 6.45) is 3.77. The van der Waals surface area contributed by atoms with E-state index in [0.717, 1.165) is 12.0 Å². The third kappa shape index (κ3) is 2.89. The Bertz CT molecular complexity index is 672. The summed E-state index contributed by atoms with van der Waals surface area (Å²) in [6, 6.07) is 9.58. The van der Waals surface area contributed by atoms with Crippen LogP contribution >= 0.6 is 0 Å². The second-order valence-electron chi connectivity index (χ2n) is 4.77. The minimum absolute atomic E-state index is 0.133. The summed E-state index contributed by atoms with van der Waals surface area (Å²) in [6.45, 7) is 0.997. The third-order valence-electron chi connectivity index (χ3n) is 3.40. The number of carbonyl (C=O) groups excluding carboxylic acids is 2. The molecule has 1 N–H and O–H groups in total. The topological polar surface area (TPSA) is 75.2 Å². The number of amides is 2. The molecule has 2 heterocycles. The summed E-state index contributed by atoms with van der Waals surface area (Å²) in [5, 5.41) is 2.41. The van der Waals surface area contributed by atoms with Gasteiger partial charge in [-0.3, -0.25) is 14.9 Å². The first-order valence-electron chi connectivity index (χ1n) is 6.68. The Hall–Kier alpha value is -2.76. The number of benzene rings is 1. The van der Waals surface area contributed by atoms with Gasteiger partial charge < -0.3 is 4.90 Å². The molecule has 1 aromatic heterocycles. The molecular formula is C15H14N4O2. The van der Waals surface area contributed by atoms with Gasteiger partial charge in [-0.05, 0) is 23.6 Å². The lowest BCUT2D eigenvalue weighted by atomic mass is 10.00. The normalized spacial score (nSPS) is 13.4. The maximum absolute atomic E-state index is 12.2. The first-order valence-corrected chi connectivity index (χ1v) is 6.68. The molecule has 0 saturated carbocycles. The Morgan fingerprint density at radius 1 is 1.05 bits per heavy atom. The lowest BCUT2D eigenvalue weighted by Gasteiger charge is -2.28. The van der Waals surface area contributed by atoms with Crippen LogP contribution in [-0.2, 0) is 22.6 Å². The molecule has 0 atom stereocenters. The summed E-state index contributed by atoms with van der Waals surface area (Å²) in [5.74, 6) is -1.13. The minimum Gasteiger partial charge on any atom is -0.330 e. The van der Waals surface area contributed by atoms with Gasteiger partial charge in [0.05, 0.1) is 0 Å². The molecule has 6 nitrogen and oxygen atoms in total. The molecule has 0 spiro atoms. The van der Waals surface area contributed by atoms with Crippen molar-refractivity contribution in [3.63, 3.8) is 0 Å². The highest BCUT2D eigenvalue weighted by molar-refractivity contribution is 6.39. The molecule has 0 aliphatic carbocycles. The molecule has 0 saturated heterocycles. The highest BCUT2D eigenvalue weighted by atomic mass is 16.2. The van der Waals surface area contributed by atoms with Gasteiger partial charge in [0.1, 0.15) is 0 Å². The van der Waals surface area contributed by atoms with Crippen LogP contribution in [0.25, 0.3) is 0 Å². The van der Waals surface area contributed by atoms with E-state index in [1.165, 1.54) is 18.0 Å². The molecule has 0 fully saturated rings. The van der Waals surface area contributed by atoms with Gasteiger partial charge in [0, 0.05) is 25.5 Å². The van der Waals surface area contributed by atoms with Gasteiger partial charge in [0.25, 0.3) is 0 Å². The molecule has 6 heteroatoms. The van der Waals surface area contributed by atoms with Crippen molar-refractivity contribution in [1.29, 1.82) is 0 Å². The van der Waals surface area contributed by atoms with E-state index in [-0.39, 0.29) is 5.95 Å². The molecule has 1 aromatic carbocycles. The Kier molecular flexibility index (Phi) is 3.59. The summed E-state index contributed by atoms with van der Waals surface area (Å²) >= 11 is 0. The zero-order valence-corrected chi connectivity index (χ0v) is 11.3. The van der Waals surface area contributed by atoms with Crippen LogP contribution in [0.2, 0.25) is 0 Å². The van der Waals surface area contributed by atoms with E-state index in [9.17, 15) is 9.59 Å². The highest BCUT2D eigenvalue weighted by Crippen LogP contribution is 2.18. The number of aromatic nitrogens is 2. The molecule has 3 rings (SSSR count). The van der Waals surface area contributed by atoms with Crippen LogP contribution in [0.15, 0.2) is 42.7 Å². The fourth-order valence-electron chi connectivity index (χ4n) is 2.33. The van der Waals surface area contributed by atoms with Crippen molar-refractivity contribution in [2.45, 2.75) is 13.0 Å². The van der Waals surface area contributed by atoms with E-state index in [4.69, 9.17) is 0 Å².